The molecule has 0 fully saturated rings. The van der Waals surface area contributed by atoms with Crippen LogP contribution in [0.25, 0.3) is 0 Å². The Morgan fingerprint density at radius 3 is 0.733 bits per heavy atom. The zero-order valence-corrected chi connectivity index (χ0v) is 26.3. The Hall–Kier alpha value is -4.60. The molecule has 0 saturated heterocycles. The Morgan fingerprint density at radius 1 is 0.378 bits per heavy atom. The summed E-state index contributed by atoms with van der Waals surface area (Å²) < 4.78 is 21.1. The van der Waals surface area contributed by atoms with Crippen molar-refractivity contribution in [3.63, 3.8) is 0 Å². The van der Waals surface area contributed by atoms with Gasteiger partial charge in [0.15, 0.2) is 0 Å². The molecule has 12 nitrogen and oxygen atoms in total. The number of carbonyl (C=O) groups is 4. The zero-order chi connectivity index (χ0) is 32.4. The van der Waals surface area contributed by atoms with Crippen molar-refractivity contribution in [1.82, 2.24) is 0 Å². The Labute approximate surface area is 263 Å². The summed E-state index contributed by atoms with van der Waals surface area (Å²) in [5.74, 6) is -6.21. The summed E-state index contributed by atoms with van der Waals surface area (Å²) in [6.07, 6.45) is -8.18. The molecule has 4 aromatic carbocycles. The third-order valence-electron chi connectivity index (χ3n) is 6.26. The molecular weight excluding hydrogens is 695 g/mol. The molecule has 0 radical (unpaired) electrons. The first-order valence-corrected chi connectivity index (χ1v) is 18.1. The second kappa shape index (κ2) is 15.4. The molecule has 232 valence electrons. The van der Waals surface area contributed by atoms with E-state index in [0.717, 1.165) is 0 Å². The summed E-state index contributed by atoms with van der Waals surface area (Å²) in [5.41, 5.74) is 0.0727. The third kappa shape index (κ3) is 8.74. The van der Waals surface area contributed by atoms with E-state index in [1.165, 1.54) is 97.1 Å². The van der Waals surface area contributed by atoms with Gasteiger partial charge in [-0.25, -0.2) is 0 Å². The maximum absolute atomic E-state index is 13.2. The first-order valence-electron chi connectivity index (χ1n) is 13.4. The van der Waals surface area contributed by atoms with Crippen LogP contribution < -0.4 is 0 Å². The van der Waals surface area contributed by atoms with Crippen LogP contribution in [0.4, 0.5) is 0 Å². The normalized spacial score (nSPS) is 14.8. The van der Waals surface area contributed by atoms with Crippen LogP contribution in [-0.2, 0) is 31.5 Å². The quantitative estimate of drug-likeness (QED) is 0.157. The van der Waals surface area contributed by atoms with Crippen LogP contribution in [0.1, 0.15) is 46.7 Å². The van der Waals surface area contributed by atoms with Gasteiger partial charge in [0.05, 0.1) is 0 Å². The van der Waals surface area contributed by atoms with Crippen LogP contribution in [0, 0.1) is 0 Å². The van der Waals surface area contributed by atoms with Crippen molar-refractivity contribution in [1.29, 1.82) is 0 Å². The second-order valence-electron chi connectivity index (χ2n) is 9.44. The monoisotopic (exact) mass is 724 g/mol. The molecule has 13 heteroatoms. The number of hydrogen-bond donors (Lipinski definition) is 4. The third-order valence-corrected chi connectivity index (χ3v) is 11.4. The van der Waals surface area contributed by atoms with Crippen LogP contribution in [-0.4, -0.2) is 64.3 Å². The summed E-state index contributed by atoms with van der Waals surface area (Å²) in [6, 6.07) is 29.4. The summed E-state index contributed by atoms with van der Waals surface area (Å²) in [5, 5.41) is 42.8. The minimum atomic E-state index is -6.92. The first-order chi connectivity index (χ1) is 21.6. The van der Waals surface area contributed by atoms with Crippen LogP contribution in [0.15, 0.2) is 121 Å². The van der Waals surface area contributed by atoms with Gasteiger partial charge in [0.2, 0.25) is 0 Å². The van der Waals surface area contributed by atoms with Crippen molar-refractivity contribution >= 4 is 43.9 Å². The molecule has 45 heavy (non-hydrogen) atoms. The molecule has 4 N–H and O–H groups in total. The molecule has 4 rings (SSSR count). The van der Waals surface area contributed by atoms with Crippen molar-refractivity contribution in [3.05, 3.63) is 144 Å². The average molecular weight is 723 g/mol. The molecular formula is C32H28O12Sn. The van der Waals surface area contributed by atoms with E-state index in [4.69, 9.17) is 12.3 Å². The van der Waals surface area contributed by atoms with E-state index >= 15 is 0 Å². The predicted molar refractivity (Wildman–Crippen MR) is 156 cm³/mol. The Balaban J connectivity index is 1.75. The summed E-state index contributed by atoms with van der Waals surface area (Å²) in [4.78, 5) is 53.0. The van der Waals surface area contributed by atoms with E-state index in [1.807, 2.05) is 0 Å². The number of benzene rings is 4. The molecule has 4 aromatic rings. The van der Waals surface area contributed by atoms with E-state index < -0.39 is 68.3 Å². The Bertz CT molecular complexity index is 1340. The van der Waals surface area contributed by atoms with Crippen molar-refractivity contribution in [2.75, 3.05) is 0 Å². The SMILES string of the molecule is O=C([O][Sn]([O]C(=O)C(O)c1ccccc1)([O]C(=O)C(O)c1ccccc1)[O]C(=O)C(O)c1ccccc1)C(O)c1ccccc1. The topological polar surface area (TPSA) is 186 Å². The predicted octanol–water partition coefficient (Wildman–Crippen LogP) is 2.53. The van der Waals surface area contributed by atoms with E-state index in [2.05, 4.69) is 0 Å². The van der Waals surface area contributed by atoms with Gasteiger partial charge >= 0.3 is 264 Å². The first kappa shape index (κ1) is 33.3. The zero-order valence-electron chi connectivity index (χ0n) is 23.4. The maximum atomic E-state index is 13.2. The van der Waals surface area contributed by atoms with Crippen LogP contribution in [0.3, 0.4) is 0 Å². The average Bonchev–Trinajstić information content (AvgIpc) is 3.08. The van der Waals surface area contributed by atoms with E-state index in [0.29, 0.717) is 0 Å². The fourth-order valence-corrected chi connectivity index (χ4v) is 8.73. The molecule has 0 bridgehead atoms. The number of aliphatic hydroxyl groups is 4. The molecule has 0 aliphatic carbocycles. The van der Waals surface area contributed by atoms with E-state index in [1.54, 1.807) is 24.3 Å². The van der Waals surface area contributed by atoms with Gasteiger partial charge in [-0.15, -0.1) is 0 Å². The summed E-state index contributed by atoms with van der Waals surface area (Å²) in [7, 11) is 0. The fraction of sp³-hybridized carbons (Fsp3) is 0.125. The molecule has 0 aliphatic rings. The number of aliphatic hydroxyl groups excluding tert-OH is 4. The molecule has 4 unspecified atom stereocenters. The van der Waals surface area contributed by atoms with Gasteiger partial charge < -0.3 is 0 Å². The van der Waals surface area contributed by atoms with Crippen molar-refractivity contribution in [3.8, 4) is 0 Å². The van der Waals surface area contributed by atoms with Crippen LogP contribution in [0.5, 0.6) is 0 Å². The van der Waals surface area contributed by atoms with Gasteiger partial charge in [0.1, 0.15) is 0 Å². The van der Waals surface area contributed by atoms with E-state index in [-0.39, 0.29) is 22.3 Å². The van der Waals surface area contributed by atoms with Gasteiger partial charge in [-0.2, -0.15) is 0 Å². The molecule has 0 aromatic heterocycles. The number of carbonyl (C=O) groups excluding carboxylic acids is 4. The van der Waals surface area contributed by atoms with Crippen molar-refractivity contribution < 1.29 is 51.9 Å². The number of rotatable bonds is 12. The Morgan fingerprint density at radius 2 is 0.556 bits per heavy atom. The molecule has 0 aliphatic heterocycles. The van der Waals surface area contributed by atoms with Crippen molar-refractivity contribution in [2.45, 2.75) is 24.4 Å². The fourth-order valence-electron chi connectivity index (χ4n) is 3.93. The summed E-state index contributed by atoms with van der Waals surface area (Å²) in [6.45, 7) is 0. The molecule has 4 atom stereocenters. The van der Waals surface area contributed by atoms with Crippen LogP contribution in [0.2, 0.25) is 0 Å². The molecule has 0 heterocycles. The van der Waals surface area contributed by atoms with Crippen molar-refractivity contribution in [2.24, 2.45) is 0 Å². The van der Waals surface area contributed by atoms with Gasteiger partial charge in [-0.1, -0.05) is 0 Å². The van der Waals surface area contributed by atoms with Gasteiger partial charge in [-0.05, 0) is 0 Å². The molecule has 0 amide bonds. The summed E-state index contributed by atoms with van der Waals surface area (Å²) >= 11 is -6.92. The minimum absolute atomic E-state index is 0.0182. The van der Waals surface area contributed by atoms with E-state index in [9.17, 15) is 39.6 Å². The van der Waals surface area contributed by atoms with Gasteiger partial charge in [-0.3, -0.25) is 0 Å². The standard InChI is InChI=1S/4C8H8O3.Sn/c4*9-7(8(10)11)6-4-2-1-3-5-6;/h4*1-5,7,9H,(H,10,11);/q;;;;+4/p-4. The van der Waals surface area contributed by atoms with Gasteiger partial charge in [0.25, 0.3) is 0 Å². The van der Waals surface area contributed by atoms with Crippen LogP contribution >= 0.6 is 0 Å². The molecule has 0 spiro atoms. The Kier molecular flexibility index (Phi) is 11.4. The van der Waals surface area contributed by atoms with Gasteiger partial charge in [0, 0.05) is 0 Å². The second-order valence-corrected chi connectivity index (χ2v) is 14.6. The number of hydrogen-bond acceptors (Lipinski definition) is 12. The molecule has 0 saturated carbocycles.